The van der Waals surface area contributed by atoms with E-state index in [4.69, 9.17) is 9.47 Å². The quantitative estimate of drug-likeness (QED) is 0.746. The lowest BCUT2D eigenvalue weighted by Crippen LogP contribution is -2.24. The maximum absolute atomic E-state index is 14.3. The van der Waals surface area contributed by atoms with Crippen molar-refractivity contribution in [2.45, 2.75) is 32.5 Å². The SMILES string of the molecule is CC#Cc1ccc(-c2ccc(OC3CCCCO3)cc2)c(F)c1F. The lowest BCUT2D eigenvalue weighted by molar-refractivity contribution is -0.105. The van der Waals surface area contributed by atoms with Gasteiger partial charge in [0.15, 0.2) is 17.9 Å². The number of halogens is 2. The summed E-state index contributed by atoms with van der Waals surface area (Å²) in [5.41, 5.74) is 0.849. The molecule has 4 heteroatoms. The van der Waals surface area contributed by atoms with Crippen molar-refractivity contribution in [1.82, 2.24) is 0 Å². The van der Waals surface area contributed by atoms with Gasteiger partial charge in [0.25, 0.3) is 0 Å². The van der Waals surface area contributed by atoms with Gasteiger partial charge in [-0.1, -0.05) is 18.1 Å². The Morgan fingerprint density at radius 2 is 1.83 bits per heavy atom. The highest BCUT2D eigenvalue weighted by Crippen LogP contribution is 2.28. The predicted octanol–water partition coefficient (Wildman–Crippen LogP) is 4.91. The lowest BCUT2D eigenvalue weighted by Gasteiger charge is -2.23. The highest BCUT2D eigenvalue weighted by atomic mass is 19.2. The average Bonchev–Trinajstić information content (AvgIpc) is 2.61. The van der Waals surface area contributed by atoms with E-state index < -0.39 is 11.6 Å². The Labute approximate surface area is 140 Å². The van der Waals surface area contributed by atoms with Crippen LogP contribution in [0.2, 0.25) is 0 Å². The molecule has 1 heterocycles. The molecule has 0 radical (unpaired) electrons. The van der Waals surface area contributed by atoms with Crippen LogP contribution in [0.25, 0.3) is 11.1 Å². The van der Waals surface area contributed by atoms with Gasteiger partial charge in [-0.05, 0) is 49.6 Å². The first-order valence-electron chi connectivity index (χ1n) is 7.98. The molecule has 1 atom stereocenters. The van der Waals surface area contributed by atoms with Crippen LogP contribution in [-0.2, 0) is 4.74 Å². The lowest BCUT2D eigenvalue weighted by atomic mass is 10.0. The van der Waals surface area contributed by atoms with E-state index in [1.165, 1.54) is 12.1 Å². The van der Waals surface area contributed by atoms with E-state index in [1.807, 2.05) is 0 Å². The second-order valence-corrected chi connectivity index (χ2v) is 5.60. The monoisotopic (exact) mass is 328 g/mol. The van der Waals surface area contributed by atoms with Crippen molar-refractivity contribution in [2.24, 2.45) is 0 Å². The molecule has 2 aromatic rings. The molecule has 0 spiro atoms. The van der Waals surface area contributed by atoms with Gasteiger partial charge in [-0.25, -0.2) is 8.78 Å². The summed E-state index contributed by atoms with van der Waals surface area (Å²) < 4.78 is 39.5. The van der Waals surface area contributed by atoms with Crippen LogP contribution in [0.15, 0.2) is 36.4 Å². The first-order valence-corrected chi connectivity index (χ1v) is 7.98. The predicted molar refractivity (Wildman–Crippen MR) is 88.6 cm³/mol. The molecule has 1 fully saturated rings. The van der Waals surface area contributed by atoms with Gasteiger partial charge in [0.2, 0.25) is 0 Å². The largest absolute Gasteiger partial charge is 0.465 e. The van der Waals surface area contributed by atoms with Gasteiger partial charge >= 0.3 is 0 Å². The number of hydrogen-bond acceptors (Lipinski definition) is 2. The van der Waals surface area contributed by atoms with Gasteiger partial charge in [-0.2, -0.15) is 0 Å². The van der Waals surface area contributed by atoms with Gasteiger partial charge in [-0.3, -0.25) is 0 Å². The maximum atomic E-state index is 14.3. The summed E-state index contributed by atoms with van der Waals surface area (Å²) in [6, 6.07) is 9.93. The molecule has 2 nitrogen and oxygen atoms in total. The summed E-state index contributed by atoms with van der Waals surface area (Å²) >= 11 is 0. The van der Waals surface area contributed by atoms with E-state index in [2.05, 4.69) is 11.8 Å². The van der Waals surface area contributed by atoms with E-state index in [-0.39, 0.29) is 17.4 Å². The smallest absolute Gasteiger partial charge is 0.199 e. The fraction of sp³-hybridized carbons (Fsp3) is 0.300. The maximum Gasteiger partial charge on any atom is 0.199 e. The Kier molecular flexibility index (Phi) is 5.12. The third-order valence-corrected chi connectivity index (χ3v) is 3.91. The second kappa shape index (κ2) is 7.46. The first kappa shape index (κ1) is 16.5. The van der Waals surface area contributed by atoms with E-state index in [0.717, 1.165) is 19.3 Å². The van der Waals surface area contributed by atoms with Gasteiger partial charge in [0.1, 0.15) is 5.75 Å². The molecule has 0 aliphatic carbocycles. The molecule has 124 valence electrons. The van der Waals surface area contributed by atoms with Crippen molar-refractivity contribution in [2.75, 3.05) is 6.61 Å². The molecule has 1 unspecified atom stereocenters. The van der Waals surface area contributed by atoms with Crippen molar-refractivity contribution in [3.63, 3.8) is 0 Å². The summed E-state index contributed by atoms with van der Waals surface area (Å²) in [6.45, 7) is 2.29. The molecule has 0 saturated carbocycles. The van der Waals surface area contributed by atoms with Gasteiger partial charge in [-0.15, -0.1) is 5.92 Å². The van der Waals surface area contributed by atoms with E-state index in [1.54, 1.807) is 31.2 Å². The summed E-state index contributed by atoms with van der Waals surface area (Å²) in [5, 5.41) is 0. The molecule has 2 aromatic carbocycles. The van der Waals surface area contributed by atoms with E-state index in [9.17, 15) is 8.78 Å². The number of hydrogen-bond donors (Lipinski definition) is 0. The number of rotatable bonds is 3. The topological polar surface area (TPSA) is 18.5 Å². The van der Waals surface area contributed by atoms with Crippen LogP contribution in [0.5, 0.6) is 5.75 Å². The van der Waals surface area contributed by atoms with Crippen molar-refractivity contribution in [3.8, 4) is 28.7 Å². The zero-order valence-corrected chi connectivity index (χ0v) is 13.4. The zero-order valence-electron chi connectivity index (χ0n) is 13.4. The minimum Gasteiger partial charge on any atom is -0.465 e. The van der Waals surface area contributed by atoms with Crippen LogP contribution in [0.3, 0.4) is 0 Å². The number of ether oxygens (including phenoxy) is 2. The Balaban J connectivity index is 1.80. The highest BCUT2D eigenvalue weighted by molar-refractivity contribution is 5.66. The average molecular weight is 328 g/mol. The molecule has 1 aliphatic rings. The highest BCUT2D eigenvalue weighted by Gasteiger charge is 2.16. The molecule has 1 saturated heterocycles. The fourth-order valence-electron chi connectivity index (χ4n) is 2.67. The molecule has 3 rings (SSSR count). The van der Waals surface area contributed by atoms with Crippen LogP contribution >= 0.6 is 0 Å². The Bertz CT molecular complexity index is 767. The summed E-state index contributed by atoms with van der Waals surface area (Å²) in [7, 11) is 0. The van der Waals surface area contributed by atoms with Gasteiger partial charge < -0.3 is 9.47 Å². The third-order valence-electron chi connectivity index (χ3n) is 3.91. The fourth-order valence-corrected chi connectivity index (χ4v) is 2.67. The van der Waals surface area contributed by atoms with Crippen LogP contribution < -0.4 is 4.74 Å². The van der Waals surface area contributed by atoms with Crippen molar-refractivity contribution in [3.05, 3.63) is 53.6 Å². The minimum atomic E-state index is -0.919. The van der Waals surface area contributed by atoms with Crippen LogP contribution in [0.1, 0.15) is 31.7 Å². The number of benzene rings is 2. The van der Waals surface area contributed by atoms with Gasteiger partial charge in [0.05, 0.1) is 12.2 Å². The molecule has 24 heavy (non-hydrogen) atoms. The molecule has 0 N–H and O–H groups in total. The molecule has 0 bridgehead atoms. The summed E-state index contributed by atoms with van der Waals surface area (Å²) in [5.74, 6) is 3.97. The first-order chi connectivity index (χ1) is 11.7. The Hall–Kier alpha value is -2.38. The summed E-state index contributed by atoms with van der Waals surface area (Å²) in [4.78, 5) is 0. The zero-order chi connectivity index (χ0) is 16.9. The molecule has 0 aromatic heterocycles. The van der Waals surface area contributed by atoms with Crippen molar-refractivity contribution in [1.29, 1.82) is 0 Å². The second-order valence-electron chi connectivity index (χ2n) is 5.60. The van der Waals surface area contributed by atoms with Crippen LogP contribution in [0, 0.1) is 23.5 Å². The Morgan fingerprint density at radius 3 is 2.50 bits per heavy atom. The molecule has 1 aliphatic heterocycles. The standard InChI is InChI=1S/C20H18F2O2/c1-2-5-15-9-12-17(20(22)19(15)21)14-7-10-16(11-8-14)24-18-6-3-4-13-23-18/h7-12,18H,3-4,6,13H2,1H3. The molecular formula is C20H18F2O2. The van der Waals surface area contributed by atoms with Crippen molar-refractivity contribution >= 4 is 0 Å². The van der Waals surface area contributed by atoms with E-state index in [0.29, 0.717) is 17.9 Å². The van der Waals surface area contributed by atoms with E-state index >= 15 is 0 Å². The summed E-state index contributed by atoms with van der Waals surface area (Å²) in [6.07, 6.45) is 2.77. The third kappa shape index (κ3) is 3.58. The van der Waals surface area contributed by atoms with Crippen LogP contribution in [-0.4, -0.2) is 12.9 Å². The van der Waals surface area contributed by atoms with Crippen molar-refractivity contribution < 1.29 is 18.3 Å². The normalized spacial score (nSPS) is 17.0. The van der Waals surface area contributed by atoms with Crippen LogP contribution in [0.4, 0.5) is 8.78 Å². The molecular weight excluding hydrogens is 310 g/mol. The van der Waals surface area contributed by atoms with Gasteiger partial charge in [0, 0.05) is 12.0 Å². The minimum absolute atomic E-state index is 0.0631. The Morgan fingerprint density at radius 1 is 1.04 bits per heavy atom. The molecule has 0 amide bonds.